The van der Waals surface area contributed by atoms with Crippen molar-refractivity contribution in [2.75, 3.05) is 31.1 Å². The van der Waals surface area contributed by atoms with E-state index in [4.69, 9.17) is 0 Å². The van der Waals surface area contributed by atoms with E-state index in [1.54, 1.807) is 42.2 Å². The standard InChI is InChI=1S/C21H22N4O3S/c1-15-7-9-17(10-8-15)29(27,28)21-20(22-18-5-3-4-6-19(18)23-21)25-13-11-24(12-14-25)16(2)26/h3-10H,11-14H2,1-2H3. The number of anilines is 1. The Bertz CT molecular complexity index is 1170. The van der Waals surface area contributed by atoms with Crippen molar-refractivity contribution in [2.24, 2.45) is 0 Å². The van der Waals surface area contributed by atoms with Crippen molar-refractivity contribution in [3.63, 3.8) is 0 Å². The molecule has 3 aromatic rings. The third kappa shape index (κ3) is 3.67. The summed E-state index contributed by atoms with van der Waals surface area (Å²) in [5, 5.41) is -0.0451. The second kappa shape index (κ2) is 7.44. The lowest BCUT2D eigenvalue weighted by atomic mass is 10.2. The molecular formula is C21H22N4O3S. The highest BCUT2D eigenvalue weighted by Gasteiger charge is 2.30. The van der Waals surface area contributed by atoms with E-state index in [1.807, 2.05) is 30.0 Å². The SMILES string of the molecule is CC(=O)N1CCN(c2nc3ccccc3nc2S(=O)(=O)c2ccc(C)cc2)CC1. The molecule has 0 N–H and O–H groups in total. The molecule has 1 aromatic heterocycles. The number of carbonyl (C=O) groups is 1. The number of aryl methyl sites for hydroxylation is 1. The van der Waals surface area contributed by atoms with Crippen LogP contribution in [-0.2, 0) is 14.6 Å². The Labute approximate surface area is 169 Å². The van der Waals surface area contributed by atoms with E-state index >= 15 is 0 Å². The number of hydrogen-bond acceptors (Lipinski definition) is 6. The highest BCUT2D eigenvalue weighted by molar-refractivity contribution is 7.91. The molecule has 0 atom stereocenters. The number of sulfone groups is 1. The van der Waals surface area contributed by atoms with Gasteiger partial charge in [0.2, 0.25) is 20.8 Å². The van der Waals surface area contributed by atoms with Crippen molar-refractivity contribution < 1.29 is 13.2 Å². The van der Waals surface area contributed by atoms with E-state index in [0.717, 1.165) is 5.56 Å². The number of nitrogens with zero attached hydrogens (tertiary/aromatic N) is 4. The van der Waals surface area contributed by atoms with E-state index in [0.29, 0.717) is 43.0 Å². The van der Waals surface area contributed by atoms with Crippen molar-refractivity contribution in [1.29, 1.82) is 0 Å². The average molecular weight is 410 g/mol. The molecule has 0 radical (unpaired) electrons. The summed E-state index contributed by atoms with van der Waals surface area (Å²) in [5.74, 6) is 0.356. The van der Waals surface area contributed by atoms with Crippen LogP contribution in [0.4, 0.5) is 5.82 Å². The minimum atomic E-state index is -3.85. The van der Waals surface area contributed by atoms with Gasteiger partial charge in [0.25, 0.3) is 0 Å². The molecule has 8 heteroatoms. The van der Waals surface area contributed by atoms with E-state index in [2.05, 4.69) is 9.97 Å². The summed E-state index contributed by atoms with van der Waals surface area (Å²) in [6.45, 7) is 5.50. The van der Waals surface area contributed by atoms with Gasteiger partial charge in [0.1, 0.15) is 0 Å². The van der Waals surface area contributed by atoms with Gasteiger partial charge in [0.15, 0.2) is 5.82 Å². The van der Waals surface area contributed by atoms with E-state index in [1.165, 1.54) is 0 Å². The van der Waals surface area contributed by atoms with Crippen molar-refractivity contribution in [3.8, 4) is 0 Å². The molecule has 2 aromatic carbocycles. The molecule has 0 bridgehead atoms. The fourth-order valence-electron chi connectivity index (χ4n) is 3.42. The molecule has 0 spiro atoms. The zero-order chi connectivity index (χ0) is 20.6. The van der Waals surface area contributed by atoms with Crippen LogP contribution in [0, 0.1) is 6.92 Å². The molecule has 0 aliphatic carbocycles. The number of carbonyl (C=O) groups excluding carboxylic acids is 1. The van der Waals surface area contributed by atoms with Crippen LogP contribution < -0.4 is 4.90 Å². The lowest BCUT2D eigenvalue weighted by molar-refractivity contribution is -0.129. The van der Waals surface area contributed by atoms with Gasteiger partial charge in [0.05, 0.1) is 15.9 Å². The molecule has 1 amide bonds. The average Bonchev–Trinajstić information content (AvgIpc) is 2.73. The van der Waals surface area contributed by atoms with Gasteiger partial charge < -0.3 is 9.80 Å². The molecule has 1 saturated heterocycles. The summed E-state index contributed by atoms with van der Waals surface area (Å²) >= 11 is 0. The number of hydrogen-bond donors (Lipinski definition) is 0. The Kier molecular flexibility index (Phi) is 4.96. The maximum atomic E-state index is 13.4. The van der Waals surface area contributed by atoms with E-state index < -0.39 is 9.84 Å². The number of fused-ring (bicyclic) bond motifs is 1. The zero-order valence-corrected chi connectivity index (χ0v) is 17.2. The molecule has 7 nitrogen and oxygen atoms in total. The van der Waals surface area contributed by atoms with Gasteiger partial charge in [0, 0.05) is 33.1 Å². The Morgan fingerprint density at radius 3 is 2.07 bits per heavy atom. The predicted octanol–water partition coefficient (Wildman–Crippen LogP) is 2.44. The van der Waals surface area contributed by atoms with E-state index in [9.17, 15) is 13.2 Å². The van der Waals surface area contributed by atoms with Crippen LogP contribution in [0.15, 0.2) is 58.5 Å². The summed E-state index contributed by atoms with van der Waals surface area (Å²) < 4.78 is 26.9. The molecule has 4 rings (SSSR count). The van der Waals surface area contributed by atoms with Crippen LogP contribution in [-0.4, -0.2) is 55.4 Å². The molecule has 29 heavy (non-hydrogen) atoms. The molecule has 2 heterocycles. The van der Waals surface area contributed by atoms with Gasteiger partial charge in [-0.3, -0.25) is 4.79 Å². The Morgan fingerprint density at radius 1 is 0.897 bits per heavy atom. The monoisotopic (exact) mass is 410 g/mol. The lowest BCUT2D eigenvalue weighted by Gasteiger charge is -2.35. The Hall–Kier alpha value is -3.00. The highest BCUT2D eigenvalue weighted by Crippen LogP contribution is 2.30. The summed E-state index contributed by atoms with van der Waals surface area (Å²) in [6.07, 6.45) is 0. The van der Waals surface area contributed by atoms with Crippen LogP contribution in [0.2, 0.25) is 0 Å². The lowest BCUT2D eigenvalue weighted by Crippen LogP contribution is -2.48. The van der Waals surface area contributed by atoms with Crippen molar-refractivity contribution >= 4 is 32.6 Å². The van der Waals surface area contributed by atoms with Crippen LogP contribution >= 0.6 is 0 Å². The second-order valence-electron chi connectivity index (χ2n) is 7.15. The summed E-state index contributed by atoms with van der Waals surface area (Å²) in [6, 6.07) is 14.0. The molecule has 0 saturated carbocycles. The number of rotatable bonds is 3. The quantitative estimate of drug-likeness (QED) is 0.660. The van der Waals surface area contributed by atoms with Gasteiger partial charge in [-0.15, -0.1) is 0 Å². The third-order valence-electron chi connectivity index (χ3n) is 5.13. The number of para-hydroxylation sites is 2. The maximum Gasteiger partial charge on any atom is 0.227 e. The molecule has 0 unspecified atom stereocenters. The van der Waals surface area contributed by atoms with Gasteiger partial charge in [-0.25, -0.2) is 18.4 Å². The third-order valence-corrected chi connectivity index (χ3v) is 6.81. The van der Waals surface area contributed by atoms with E-state index in [-0.39, 0.29) is 15.8 Å². The fourth-order valence-corrected chi connectivity index (χ4v) is 4.77. The fraction of sp³-hybridized carbons (Fsp3) is 0.286. The molecular weight excluding hydrogens is 388 g/mol. The first kappa shape index (κ1) is 19.3. The maximum absolute atomic E-state index is 13.4. The summed E-state index contributed by atoms with van der Waals surface area (Å²) in [5.41, 5.74) is 2.15. The normalized spacial score (nSPS) is 15.0. The second-order valence-corrected chi connectivity index (χ2v) is 9.02. The molecule has 150 valence electrons. The first-order valence-corrected chi connectivity index (χ1v) is 10.9. The van der Waals surface area contributed by atoms with Gasteiger partial charge in [-0.05, 0) is 31.2 Å². The van der Waals surface area contributed by atoms with Crippen LogP contribution in [0.25, 0.3) is 11.0 Å². The largest absolute Gasteiger partial charge is 0.351 e. The number of benzene rings is 2. The van der Waals surface area contributed by atoms with Gasteiger partial charge in [-0.1, -0.05) is 29.8 Å². The zero-order valence-electron chi connectivity index (χ0n) is 16.4. The summed E-state index contributed by atoms with van der Waals surface area (Å²) in [7, 11) is -3.85. The van der Waals surface area contributed by atoms with Crippen LogP contribution in [0.5, 0.6) is 0 Å². The number of aromatic nitrogens is 2. The topological polar surface area (TPSA) is 83.5 Å². The molecule has 1 fully saturated rings. The Morgan fingerprint density at radius 2 is 1.48 bits per heavy atom. The number of piperazine rings is 1. The van der Waals surface area contributed by atoms with Crippen LogP contribution in [0.3, 0.4) is 0 Å². The van der Waals surface area contributed by atoms with Crippen molar-refractivity contribution in [2.45, 2.75) is 23.8 Å². The predicted molar refractivity (Wildman–Crippen MR) is 111 cm³/mol. The van der Waals surface area contributed by atoms with Gasteiger partial charge in [-0.2, -0.15) is 0 Å². The number of amides is 1. The van der Waals surface area contributed by atoms with Crippen molar-refractivity contribution in [3.05, 3.63) is 54.1 Å². The van der Waals surface area contributed by atoms with Gasteiger partial charge >= 0.3 is 0 Å². The van der Waals surface area contributed by atoms with Crippen molar-refractivity contribution in [1.82, 2.24) is 14.9 Å². The smallest absolute Gasteiger partial charge is 0.227 e. The minimum Gasteiger partial charge on any atom is -0.351 e. The highest BCUT2D eigenvalue weighted by atomic mass is 32.2. The summed E-state index contributed by atoms with van der Waals surface area (Å²) in [4.78, 5) is 24.6. The Balaban J connectivity index is 1.83. The van der Waals surface area contributed by atoms with Crippen LogP contribution in [0.1, 0.15) is 12.5 Å². The minimum absolute atomic E-state index is 0.0155. The first-order chi connectivity index (χ1) is 13.9. The molecule has 1 aliphatic heterocycles. The molecule has 1 aliphatic rings. The first-order valence-electron chi connectivity index (χ1n) is 9.45.